The summed E-state index contributed by atoms with van der Waals surface area (Å²) in [6, 6.07) is 2.84. The third-order valence-corrected chi connectivity index (χ3v) is 13.1. The number of amides is 4. The molecule has 0 radical (unpaired) electrons. The second kappa shape index (κ2) is 14.7. The van der Waals surface area contributed by atoms with Gasteiger partial charge >= 0.3 is 6.09 Å². The second-order valence-electron chi connectivity index (χ2n) is 14.6. The van der Waals surface area contributed by atoms with Gasteiger partial charge < -0.3 is 30.1 Å². The molecule has 16 heteroatoms. The molecule has 2 aromatic rings. The maximum atomic E-state index is 14.4. The normalized spacial score (nSPS) is 30.2. The van der Waals surface area contributed by atoms with Crippen LogP contribution in [0.5, 0.6) is 11.6 Å². The van der Waals surface area contributed by atoms with Gasteiger partial charge in [0.25, 0.3) is 5.91 Å². The van der Waals surface area contributed by atoms with Crippen LogP contribution in [0.15, 0.2) is 36.5 Å². The smallest absolute Gasteiger partial charge is 0.405 e. The molecule has 3 heterocycles. The second-order valence-corrected chi connectivity index (χ2v) is 17.3. The van der Waals surface area contributed by atoms with Gasteiger partial charge in [0.2, 0.25) is 27.7 Å². The lowest BCUT2D eigenvalue weighted by atomic mass is 9.88. The number of carboxylic acid groups (broad SMARTS) is 1. The predicted octanol–water partition coefficient (Wildman–Crippen LogP) is 4.11. The average Bonchev–Trinajstić information content (AvgIpc) is 4.02. The highest BCUT2D eigenvalue weighted by atomic mass is 35.5. The van der Waals surface area contributed by atoms with E-state index in [1.807, 2.05) is 26.0 Å². The van der Waals surface area contributed by atoms with E-state index in [2.05, 4.69) is 15.6 Å². The Morgan fingerprint density at radius 3 is 2.62 bits per heavy atom. The van der Waals surface area contributed by atoms with Crippen LogP contribution in [0.1, 0.15) is 65.7 Å². The summed E-state index contributed by atoms with van der Waals surface area (Å²) in [5.41, 5.74) is -1.53. The summed E-state index contributed by atoms with van der Waals surface area (Å²) < 4.78 is 39.2. The molecular weight excluding hydrogens is 714 g/mol. The number of halogens is 1. The number of hydrogen-bond donors (Lipinski definition) is 3. The third-order valence-electron chi connectivity index (χ3n) is 10.6. The first-order valence-electron chi connectivity index (χ1n) is 17.8. The molecule has 3 fully saturated rings. The van der Waals surface area contributed by atoms with Crippen molar-refractivity contribution in [2.75, 3.05) is 20.2 Å². The Hall–Kier alpha value is -4.11. The number of nitrogens with zero attached hydrogens (tertiary/aromatic N) is 3. The van der Waals surface area contributed by atoms with Gasteiger partial charge in [0.15, 0.2) is 0 Å². The first kappa shape index (κ1) is 37.6. The van der Waals surface area contributed by atoms with Crippen molar-refractivity contribution in [2.24, 2.45) is 17.8 Å². The van der Waals surface area contributed by atoms with Gasteiger partial charge in [-0.2, -0.15) is 0 Å². The first-order valence-corrected chi connectivity index (χ1v) is 19.7. The van der Waals surface area contributed by atoms with E-state index < -0.39 is 74.7 Å². The van der Waals surface area contributed by atoms with Crippen LogP contribution in [-0.4, -0.2) is 101 Å². The molecule has 0 bridgehead atoms. The van der Waals surface area contributed by atoms with E-state index in [4.69, 9.17) is 21.1 Å². The number of nitrogens with one attached hydrogen (secondary N) is 2. The van der Waals surface area contributed by atoms with Crippen LogP contribution in [0.2, 0.25) is 5.02 Å². The maximum absolute atomic E-state index is 14.4. The highest BCUT2D eigenvalue weighted by molar-refractivity contribution is 7.90. The summed E-state index contributed by atoms with van der Waals surface area (Å²) in [6.45, 7) is 6.00. The van der Waals surface area contributed by atoms with E-state index in [-0.39, 0.29) is 31.2 Å². The molecule has 1 aromatic heterocycles. The Morgan fingerprint density at radius 1 is 1.17 bits per heavy atom. The Kier molecular flexibility index (Phi) is 10.7. The molecule has 0 spiro atoms. The van der Waals surface area contributed by atoms with Crippen molar-refractivity contribution in [3.05, 3.63) is 41.6 Å². The van der Waals surface area contributed by atoms with E-state index in [0.29, 0.717) is 53.8 Å². The lowest BCUT2D eigenvalue weighted by molar-refractivity contribution is -0.142. The standard InChI is InChI=1S/C36H46ClN5O9S/c1-5-50-29-18-38-32(27-15-23(37)10-13-26(27)29)51-24-16-28-31(43)40-36(34(45)41(4)52(48,49)25-11-12-25)17-22(36)9-7-6-8-20(2)14-21(3)30(39-35(46)47)33(44)42(28)19-24/h7,9-10,13,15,18,20-22,24-25,28,30,39H,5-6,8,11-12,14,16-17,19H2,1-4H3,(H,40,43)(H,46,47)/b9-7-/t20-,21-,22-,24-,28+,30+,36-/m1/s1. The number of fused-ring (bicyclic) bond motifs is 3. The Morgan fingerprint density at radius 2 is 1.92 bits per heavy atom. The molecule has 282 valence electrons. The molecule has 52 heavy (non-hydrogen) atoms. The highest BCUT2D eigenvalue weighted by Gasteiger charge is 2.63. The molecule has 7 atom stereocenters. The number of benzene rings is 1. The molecule has 6 rings (SSSR count). The molecule has 0 unspecified atom stereocenters. The summed E-state index contributed by atoms with van der Waals surface area (Å²) in [6.07, 6.45) is 6.21. The fourth-order valence-electron chi connectivity index (χ4n) is 7.60. The summed E-state index contributed by atoms with van der Waals surface area (Å²) in [7, 11) is -2.68. The molecule has 4 amide bonds. The van der Waals surface area contributed by atoms with Crippen molar-refractivity contribution in [3.8, 4) is 11.6 Å². The minimum Gasteiger partial charge on any atom is -0.492 e. The van der Waals surface area contributed by atoms with Crippen molar-refractivity contribution >= 4 is 56.2 Å². The molecule has 2 saturated carbocycles. The molecule has 4 aliphatic rings. The quantitative estimate of drug-likeness (QED) is 0.331. The van der Waals surface area contributed by atoms with Gasteiger partial charge in [-0.25, -0.2) is 22.5 Å². The van der Waals surface area contributed by atoms with Crippen LogP contribution >= 0.6 is 11.6 Å². The van der Waals surface area contributed by atoms with E-state index in [0.717, 1.165) is 10.7 Å². The largest absolute Gasteiger partial charge is 0.492 e. The van der Waals surface area contributed by atoms with Crippen LogP contribution in [0.3, 0.4) is 0 Å². The summed E-state index contributed by atoms with van der Waals surface area (Å²) in [5, 5.41) is 16.1. The molecule has 1 aromatic carbocycles. The third kappa shape index (κ3) is 7.52. The van der Waals surface area contributed by atoms with Gasteiger partial charge in [-0.15, -0.1) is 0 Å². The van der Waals surface area contributed by atoms with Gasteiger partial charge in [-0.1, -0.05) is 37.6 Å². The number of hydrogen-bond acceptors (Lipinski definition) is 9. The van der Waals surface area contributed by atoms with Gasteiger partial charge in [0, 0.05) is 35.2 Å². The summed E-state index contributed by atoms with van der Waals surface area (Å²) >= 11 is 6.35. The van der Waals surface area contributed by atoms with Crippen molar-refractivity contribution in [3.63, 3.8) is 0 Å². The lowest BCUT2D eigenvalue weighted by Gasteiger charge is -2.32. The maximum Gasteiger partial charge on any atom is 0.405 e. The van der Waals surface area contributed by atoms with Gasteiger partial charge in [0.1, 0.15) is 29.5 Å². The fourth-order valence-corrected chi connectivity index (χ4v) is 9.35. The average molecular weight is 760 g/mol. The van der Waals surface area contributed by atoms with E-state index >= 15 is 0 Å². The van der Waals surface area contributed by atoms with Crippen LogP contribution in [-0.2, 0) is 24.4 Å². The van der Waals surface area contributed by atoms with Crippen molar-refractivity contribution in [2.45, 2.75) is 94.7 Å². The molecule has 3 N–H and O–H groups in total. The number of pyridine rings is 1. The number of likely N-dealkylation sites (N-methyl/N-ethyl adjacent to an activating group) is 1. The van der Waals surface area contributed by atoms with Gasteiger partial charge in [0.05, 0.1) is 24.6 Å². The molecule has 14 nitrogen and oxygen atoms in total. The Labute approximate surface area is 308 Å². The molecule has 2 aliphatic heterocycles. The van der Waals surface area contributed by atoms with Crippen LogP contribution in [0.25, 0.3) is 10.8 Å². The van der Waals surface area contributed by atoms with Crippen molar-refractivity contribution in [1.29, 1.82) is 0 Å². The minimum absolute atomic E-state index is 0.0138. The van der Waals surface area contributed by atoms with E-state index in [9.17, 15) is 32.7 Å². The number of ether oxygens (including phenoxy) is 2. The summed E-state index contributed by atoms with van der Waals surface area (Å²) in [4.78, 5) is 60.6. The number of carbonyl (C=O) groups is 4. The van der Waals surface area contributed by atoms with Crippen LogP contribution < -0.4 is 20.1 Å². The number of rotatable bonds is 8. The monoisotopic (exact) mass is 759 g/mol. The SMILES string of the molecule is CCOc1cnc(O[C@@H]2C[C@H]3C(=O)N[C@]4(C(=O)N(C)S(=O)(=O)C5CC5)C[C@H]4/C=C\CC[C@@H](C)C[C@@H](C)[C@H](NC(=O)O)C(=O)N3C2)c2cc(Cl)ccc12. The highest BCUT2D eigenvalue weighted by Crippen LogP contribution is 2.48. The van der Waals surface area contributed by atoms with Crippen LogP contribution in [0, 0.1) is 17.8 Å². The fraction of sp³-hybridized carbons (Fsp3) is 0.583. The number of allylic oxidation sites excluding steroid dienone is 1. The van der Waals surface area contributed by atoms with Gasteiger partial charge in [-0.3, -0.25) is 14.4 Å². The zero-order valence-corrected chi connectivity index (χ0v) is 31.3. The van der Waals surface area contributed by atoms with Crippen molar-refractivity contribution < 1.29 is 42.2 Å². The van der Waals surface area contributed by atoms with Gasteiger partial charge in [-0.05, 0) is 75.5 Å². The zero-order chi connectivity index (χ0) is 37.5. The number of carbonyl (C=O) groups excluding carboxylic acids is 3. The first-order chi connectivity index (χ1) is 24.7. The number of sulfonamides is 1. The summed E-state index contributed by atoms with van der Waals surface area (Å²) in [5.74, 6) is -2.03. The molecule has 1 saturated heterocycles. The Balaban J connectivity index is 1.36. The minimum atomic E-state index is -3.90. The molecule has 2 aliphatic carbocycles. The topological polar surface area (TPSA) is 185 Å². The van der Waals surface area contributed by atoms with E-state index in [1.54, 1.807) is 25.1 Å². The zero-order valence-electron chi connectivity index (χ0n) is 29.7. The predicted molar refractivity (Wildman–Crippen MR) is 192 cm³/mol. The van der Waals surface area contributed by atoms with Crippen molar-refractivity contribution in [1.82, 2.24) is 24.8 Å². The Bertz CT molecular complexity index is 1890. The molecular formula is C36H46ClN5O9S. The number of aromatic nitrogens is 1. The van der Waals surface area contributed by atoms with Crippen LogP contribution in [0.4, 0.5) is 4.79 Å². The van der Waals surface area contributed by atoms with E-state index in [1.165, 1.54) is 18.1 Å². The lowest BCUT2D eigenvalue weighted by Crippen LogP contribution is -2.59.